The van der Waals surface area contributed by atoms with E-state index in [0.717, 1.165) is 17.5 Å². The van der Waals surface area contributed by atoms with E-state index in [1.807, 2.05) is 0 Å². The van der Waals surface area contributed by atoms with Gasteiger partial charge >= 0.3 is 0 Å². The van der Waals surface area contributed by atoms with Crippen molar-refractivity contribution in [2.24, 2.45) is 5.92 Å². The van der Waals surface area contributed by atoms with Gasteiger partial charge in [0, 0.05) is 28.2 Å². The number of para-hydroxylation sites is 1. The third-order valence-corrected chi connectivity index (χ3v) is 5.13. The van der Waals surface area contributed by atoms with Crippen LogP contribution in [0.15, 0.2) is 53.0 Å². The second-order valence-electron chi connectivity index (χ2n) is 5.86. The van der Waals surface area contributed by atoms with Gasteiger partial charge in [-0.15, -0.1) is 0 Å². The summed E-state index contributed by atoms with van der Waals surface area (Å²) in [4.78, 5) is 0. The van der Waals surface area contributed by atoms with Crippen molar-refractivity contribution in [1.29, 1.82) is 0 Å². The molecule has 3 heteroatoms. The van der Waals surface area contributed by atoms with Gasteiger partial charge < -0.3 is 10.1 Å². The summed E-state index contributed by atoms with van der Waals surface area (Å²) in [6.45, 7) is 0.878. The van der Waals surface area contributed by atoms with Crippen molar-refractivity contribution in [3.05, 3.63) is 64.1 Å². The van der Waals surface area contributed by atoms with Crippen LogP contribution >= 0.6 is 15.9 Å². The van der Waals surface area contributed by atoms with E-state index < -0.39 is 0 Å². The summed E-state index contributed by atoms with van der Waals surface area (Å²) in [6, 6.07) is 17.6. The molecule has 0 radical (unpaired) electrons. The van der Waals surface area contributed by atoms with Gasteiger partial charge in [0.2, 0.25) is 0 Å². The Balaban J connectivity index is 1.76. The summed E-state index contributed by atoms with van der Waals surface area (Å²) >= 11 is 3.52. The first kappa shape index (κ1) is 13.4. The van der Waals surface area contributed by atoms with Crippen LogP contribution in [0.4, 0.5) is 5.69 Å². The number of benzene rings is 2. The molecule has 2 aliphatic rings. The number of halogens is 1. The van der Waals surface area contributed by atoms with Crippen LogP contribution in [-0.4, -0.2) is 6.61 Å². The van der Waals surface area contributed by atoms with Crippen molar-refractivity contribution in [1.82, 2.24) is 0 Å². The quantitative estimate of drug-likeness (QED) is 0.779. The van der Waals surface area contributed by atoms with Gasteiger partial charge in [0.15, 0.2) is 0 Å². The smallest absolute Gasteiger partial charge is 0.0895 e. The molecule has 1 saturated heterocycles. The van der Waals surface area contributed by atoms with E-state index in [1.54, 1.807) is 0 Å². The minimum atomic E-state index is 0.227. The van der Waals surface area contributed by atoms with Gasteiger partial charge in [-0.1, -0.05) is 46.3 Å². The third-order valence-electron chi connectivity index (χ3n) is 4.60. The Morgan fingerprint density at radius 1 is 1.05 bits per heavy atom. The first-order valence-electron chi connectivity index (χ1n) is 7.55. The highest BCUT2D eigenvalue weighted by Gasteiger charge is 2.39. The maximum absolute atomic E-state index is 6.13. The zero-order valence-electron chi connectivity index (χ0n) is 11.8. The molecule has 0 amide bonds. The van der Waals surface area contributed by atoms with E-state index in [2.05, 4.69) is 69.8 Å². The third kappa shape index (κ3) is 2.39. The SMILES string of the molecule is Brc1ccc([C@H]2Nc3ccccc3[C@@H]3OCCC[C@H]23)cc1. The fourth-order valence-electron chi connectivity index (χ4n) is 3.62. The molecule has 0 spiro atoms. The summed E-state index contributed by atoms with van der Waals surface area (Å²) in [5.74, 6) is 0.509. The van der Waals surface area contributed by atoms with Gasteiger partial charge in [-0.05, 0) is 36.6 Å². The highest BCUT2D eigenvalue weighted by molar-refractivity contribution is 9.10. The number of hydrogen-bond donors (Lipinski definition) is 1. The molecule has 108 valence electrons. The lowest BCUT2D eigenvalue weighted by atomic mass is 9.77. The molecule has 1 fully saturated rings. The van der Waals surface area contributed by atoms with Crippen molar-refractivity contribution < 1.29 is 4.74 Å². The van der Waals surface area contributed by atoms with Gasteiger partial charge in [-0.25, -0.2) is 0 Å². The van der Waals surface area contributed by atoms with Crippen LogP contribution in [0.1, 0.15) is 36.1 Å². The monoisotopic (exact) mass is 343 g/mol. The molecule has 2 aliphatic heterocycles. The van der Waals surface area contributed by atoms with Gasteiger partial charge in [-0.2, -0.15) is 0 Å². The maximum Gasteiger partial charge on any atom is 0.0895 e. The van der Waals surface area contributed by atoms with E-state index >= 15 is 0 Å². The molecule has 2 nitrogen and oxygen atoms in total. The zero-order valence-corrected chi connectivity index (χ0v) is 13.3. The number of fused-ring (bicyclic) bond motifs is 3. The van der Waals surface area contributed by atoms with E-state index in [9.17, 15) is 0 Å². The Labute approximate surface area is 133 Å². The summed E-state index contributed by atoms with van der Waals surface area (Å²) in [7, 11) is 0. The molecule has 2 heterocycles. The summed E-state index contributed by atoms with van der Waals surface area (Å²) in [5, 5.41) is 3.74. The van der Waals surface area contributed by atoms with Crippen LogP contribution in [0.5, 0.6) is 0 Å². The molecule has 0 saturated carbocycles. The van der Waals surface area contributed by atoms with Gasteiger partial charge in [0.05, 0.1) is 12.1 Å². The molecule has 0 aliphatic carbocycles. The Kier molecular flexibility index (Phi) is 3.48. The number of rotatable bonds is 1. The van der Waals surface area contributed by atoms with Crippen LogP contribution in [0.3, 0.4) is 0 Å². The molecule has 4 rings (SSSR count). The van der Waals surface area contributed by atoms with E-state index in [-0.39, 0.29) is 6.10 Å². The normalized spacial score (nSPS) is 27.4. The van der Waals surface area contributed by atoms with Crippen LogP contribution in [0.2, 0.25) is 0 Å². The molecule has 2 aromatic carbocycles. The second kappa shape index (κ2) is 5.47. The average Bonchev–Trinajstić information content (AvgIpc) is 2.55. The standard InChI is InChI=1S/C18H18BrNO/c19-13-9-7-12(8-10-13)17-15-5-3-11-21-18(15)14-4-1-2-6-16(14)20-17/h1-2,4,6-10,15,17-18,20H,3,5,11H2/t15-,17-,18+/m1/s1. The van der Waals surface area contributed by atoms with Crippen molar-refractivity contribution >= 4 is 21.6 Å². The summed E-state index contributed by atoms with van der Waals surface area (Å²) in [5.41, 5.74) is 3.87. The van der Waals surface area contributed by atoms with Crippen molar-refractivity contribution in [3.63, 3.8) is 0 Å². The number of hydrogen-bond acceptors (Lipinski definition) is 2. The predicted octanol–water partition coefficient (Wildman–Crippen LogP) is 5.08. The lowest BCUT2D eigenvalue weighted by molar-refractivity contribution is -0.0381. The fraction of sp³-hybridized carbons (Fsp3) is 0.333. The number of anilines is 1. The van der Waals surface area contributed by atoms with E-state index in [4.69, 9.17) is 4.74 Å². The van der Waals surface area contributed by atoms with Gasteiger partial charge in [-0.3, -0.25) is 0 Å². The highest BCUT2D eigenvalue weighted by atomic mass is 79.9. The van der Waals surface area contributed by atoms with Crippen molar-refractivity contribution in [2.75, 3.05) is 11.9 Å². The van der Waals surface area contributed by atoms with Crippen LogP contribution in [0.25, 0.3) is 0 Å². The molecule has 2 aromatic rings. The van der Waals surface area contributed by atoms with Crippen molar-refractivity contribution in [2.45, 2.75) is 25.0 Å². The average molecular weight is 344 g/mol. The van der Waals surface area contributed by atoms with E-state index in [0.29, 0.717) is 12.0 Å². The molecule has 21 heavy (non-hydrogen) atoms. The van der Waals surface area contributed by atoms with Gasteiger partial charge in [0.25, 0.3) is 0 Å². The van der Waals surface area contributed by atoms with Crippen LogP contribution < -0.4 is 5.32 Å². The Morgan fingerprint density at radius 2 is 1.86 bits per heavy atom. The first-order chi connectivity index (χ1) is 10.3. The molecular formula is C18H18BrNO. The van der Waals surface area contributed by atoms with Crippen LogP contribution in [0, 0.1) is 5.92 Å². The summed E-state index contributed by atoms with van der Waals surface area (Å²) < 4.78 is 7.26. The molecule has 0 bridgehead atoms. The van der Waals surface area contributed by atoms with Crippen molar-refractivity contribution in [3.8, 4) is 0 Å². The molecule has 0 aromatic heterocycles. The largest absolute Gasteiger partial charge is 0.378 e. The zero-order chi connectivity index (χ0) is 14.2. The minimum absolute atomic E-state index is 0.227. The number of ether oxygens (including phenoxy) is 1. The topological polar surface area (TPSA) is 21.3 Å². The second-order valence-corrected chi connectivity index (χ2v) is 6.77. The lowest BCUT2D eigenvalue weighted by Crippen LogP contribution is -2.35. The summed E-state index contributed by atoms with van der Waals surface area (Å²) in [6.07, 6.45) is 2.59. The Hall–Kier alpha value is -1.32. The maximum atomic E-state index is 6.13. The lowest BCUT2D eigenvalue weighted by Gasteiger charge is -2.43. The predicted molar refractivity (Wildman–Crippen MR) is 88.4 cm³/mol. The minimum Gasteiger partial charge on any atom is -0.378 e. The molecule has 3 atom stereocenters. The Bertz CT molecular complexity index is 640. The van der Waals surface area contributed by atoms with E-state index in [1.165, 1.54) is 23.2 Å². The Morgan fingerprint density at radius 3 is 2.71 bits per heavy atom. The first-order valence-corrected chi connectivity index (χ1v) is 8.35. The number of nitrogens with one attached hydrogen (secondary N) is 1. The molecule has 0 unspecified atom stereocenters. The van der Waals surface area contributed by atoms with Crippen LogP contribution in [-0.2, 0) is 4.74 Å². The van der Waals surface area contributed by atoms with Gasteiger partial charge in [0.1, 0.15) is 0 Å². The molecular weight excluding hydrogens is 326 g/mol. The fourth-order valence-corrected chi connectivity index (χ4v) is 3.88. The highest BCUT2D eigenvalue weighted by Crippen LogP contribution is 2.48. The molecule has 1 N–H and O–H groups in total.